The second-order valence-electron chi connectivity index (χ2n) is 10.6. The zero-order valence-electron chi connectivity index (χ0n) is 17.8. The molecule has 0 aromatic rings. The van der Waals surface area contributed by atoms with E-state index in [4.69, 9.17) is 4.99 Å². The molecular formula is C24H41NS. The quantitative estimate of drug-likeness (QED) is 0.494. The molecule has 26 heavy (non-hydrogen) atoms. The van der Waals surface area contributed by atoms with E-state index in [1.807, 2.05) is 0 Å². The van der Waals surface area contributed by atoms with Crippen LogP contribution in [-0.4, -0.2) is 16.3 Å². The first-order valence-corrected chi connectivity index (χ1v) is 12.6. The lowest BCUT2D eigenvalue weighted by molar-refractivity contribution is 0.0502. The van der Waals surface area contributed by atoms with Gasteiger partial charge in [-0.05, 0) is 80.0 Å². The van der Waals surface area contributed by atoms with Gasteiger partial charge in [-0.25, -0.2) is 0 Å². The second kappa shape index (κ2) is 7.45. The number of hydrogen-bond acceptors (Lipinski definition) is 2. The third-order valence-electron chi connectivity index (χ3n) is 9.57. The molecule has 0 saturated heterocycles. The molecular weight excluding hydrogens is 334 g/mol. The molecule has 0 radical (unpaired) electrons. The number of hydrogen-bond donors (Lipinski definition) is 0. The van der Waals surface area contributed by atoms with E-state index >= 15 is 0 Å². The highest BCUT2D eigenvalue weighted by Gasteiger charge is 2.48. The lowest BCUT2D eigenvalue weighted by Gasteiger charge is -2.44. The summed E-state index contributed by atoms with van der Waals surface area (Å²) in [6.45, 7) is 12.3. The third-order valence-corrected chi connectivity index (χ3v) is 11.1. The number of aliphatic imine (C=N–C) groups is 1. The summed E-state index contributed by atoms with van der Waals surface area (Å²) in [4.78, 5) is 5.32. The Hall–Kier alpha value is 0.0200. The highest BCUT2D eigenvalue weighted by Crippen LogP contribution is 2.54. The minimum absolute atomic E-state index is 0.579. The summed E-state index contributed by atoms with van der Waals surface area (Å²) in [6, 6.07) is 0.678. The first kappa shape index (κ1) is 19.3. The van der Waals surface area contributed by atoms with Crippen LogP contribution in [0.25, 0.3) is 0 Å². The molecule has 4 rings (SSSR count). The van der Waals surface area contributed by atoms with E-state index in [2.05, 4.69) is 46.4 Å². The van der Waals surface area contributed by atoms with Gasteiger partial charge in [0.15, 0.2) is 0 Å². The lowest BCUT2D eigenvalue weighted by atomic mass is 9.61. The van der Waals surface area contributed by atoms with Crippen LogP contribution in [0.5, 0.6) is 0 Å². The molecule has 0 bridgehead atoms. The standard InChI is InChI=1S/C24H41NS/c1-6-24(5,7-2)19-10-8-17(9-11-19)23-25-21-13-18(14-22(21)26-23)20-12-15(3)16(20)4/h15-22H,6-14H2,1-5H3. The molecule has 3 saturated carbocycles. The van der Waals surface area contributed by atoms with Gasteiger partial charge in [0, 0.05) is 11.2 Å². The average Bonchev–Trinajstić information content (AvgIpc) is 3.24. The normalized spacial score (nSPS) is 46.0. The molecule has 0 spiro atoms. The Bertz CT molecular complexity index is 528. The molecule has 2 heteroatoms. The van der Waals surface area contributed by atoms with Crippen LogP contribution >= 0.6 is 11.8 Å². The van der Waals surface area contributed by atoms with Gasteiger partial charge in [0.1, 0.15) is 0 Å². The van der Waals surface area contributed by atoms with Crippen molar-refractivity contribution in [1.82, 2.24) is 0 Å². The van der Waals surface area contributed by atoms with E-state index < -0.39 is 0 Å². The molecule has 6 atom stereocenters. The smallest absolute Gasteiger partial charge is 0.0714 e. The van der Waals surface area contributed by atoms with E-state index in [0.29, 0.717) is 11.5 Å². The molecule has 0 aromatic carbocycles. The molecule has 0 aromatic heterocycles. The molecule has 0 N–H and O–H groups in total. The second-order valence-corrected chi connectivity index (χ2v) is 11.8. The predicted octanol–water partition coefficient (Wildman–Crippen LogP) is 7.20. The molecule has 3 aliphatic carbocycles. The first-order chi connectivity index (χ1) is 12.4. The summed E-state index contributed by atoms with van der Waals surface area (Å²) in [5.41, 5.74) is 0.579. The lowest BCUT2D eigenvalue weighted by Crippen LogP contribution is -2.37. The average molecular weight is 376 g/mol. The van der Waals surface area contributed by atoms with Crippen molar-refractivity contribution in [3.63, 3.8) is 0 Å². The first-order valence-electron chi connectivity index (χ1n) is 11.7. The van der Waals surface area contributed by atoms with Crippen molar-refractivity contribution >= 4 is 16.8 Å². The van der Waals surface area contributed by atoms with Crippen LogP contribution in [0, 0.1) is 40.9 Å². The summed E-state index contributed by atoms with van der Waals surface area (Å²) in [5.74, 6) is 5.70. The maximum atomic E-state index is 5.32. The Morgan fingerprint density at radius 2 is 1.69 bits per heavy atom. The summed E-state index contributed by atoms with van der Waals surface area (Å²) >= 11 is 2.22. The van der Waals surface area contributed by atoms with E-state index in [-0.39, 0.29) is 0 Å². The molecule has 1 aliphatic heterocycles. The zero-order valence-corrected chi connectivity index (χ0v) is 18.7. The summed E-state index contributed by atoms with van der Waals surface area (Å²) in [7, 11) is 0. The number of nitrogens with zero attached hydrogens (tertiary/aromatic N) is 1. The van der Waals surface area contributed by atoms with Gasteiger partial charge in [-0.3, -0.25) is 4.99 Å². The fourth-order valence-electron chi connectivity index (χ4n) is 6.75. The van der Waals surface area contributed by atoms with E-state index in [1.165, 1.54) is 57.8 Å². The van der Waals surface area contributed by atoms with Gasteiger partial charge in [0.05, 0.1) is 11.1 Å². The fourth-order valence-corrected chi connectivity index (χ4v) is 8.35. The van der Waals surface area contributed by atoms with Gasteiger partial charge in [-0.1, -0.05) is 47.5 Å². The Balaban J connectivity index is 1.30. The van der Waals surface area contributed by atoms with Crippen LogP contribution in [-0.2, 0) is 0 Å². The third kappa shape index (κ3) is 3.31. The summed E-state index contributed by atoms with van der Waals surface area (Å²) in [5, 5.41) is 2.41. The van der Waals surface area contributed by atoms with Crippen LogP contribution in [0.15, 0.2) is 4.99 Å². The van der Waals surface area contributed by atoms with Crippen LogP contribution < -0.4 is 0 Å². The molecule has 6 unspecified atom stereocenters. The Morgan fingerprint density at radius 1 is 1.00 bits per heavy atom. The molecule has 0 amide bonds. The van der Waals surface area contributed by atoms with Crippen molar-refractivity contribution < 1.29 is 0 Å². The highest BCUT2D eigenvalue weighted by molar-refractivity contribution is 8.14. The van der Waals surface area contributed by atoms with E-state index in [9.17, 15) is 0 Å². The number of fused-ring (bicyclic) bond motifs is 1. The SMILES string of the molecule is CCC(C)(CC)C1CCC(C2=NC3CC(C4CC(C)C4C)CC3S2)CC1. The Morgan fingerprint density at radius 3 is 2.23 bits per heavy atom. The number of rotatable bonds is 5. The highest BCUT2D eigenvalue weighted by atomic mass is 32.2. The summed E-state index contributed by atoms with van der Waals surface area (Å²) < 4.78 is 0. The van der Waals surface area contributed by atoms with Gasteiger partial charge in [0.25, 0.3) is 0 Å². The van der Waals surface area contributed by atoms with Crippen molar-refractivity contribution in [3.8, 4) is 0 Å². The largest absolute Gasteiger partial charge is 0.278 e. The van der Waals surface area contributed by atoms with Crippen LogP contribution in [0.4, 0.5) is 0 Å². The maximum Gasteiger partial charge on any atom is 0.0714 e. The molecule has 1 heterocycles. The predicted molar refractivity (Wildman–Crippen MR) is 116 cm³/mol. The van der Waals surface area contributed by atoms with Crippen LogP contribution in [0.3, 0.4) is 0 Å². The maximum absolute atomic E-state index is 5.32. The van der Waals surface area contributed by atoms with Crippen molar-refractivity contribution in [2.75, 3.05) is 0 Å². The minimum atomic E-state index is 0.579. The van der Waals surface area contributed by atoms with Gasteiger partial charge in [-0.15, -0.1) is 11.8 Å². The Labute approximate surface area is 166 Å². The van der Waals surface area contributed by atoms with Gasteiger partial charge in [0.2, 0.25) is 0 Å². The number of thioether (sulfide) groups is 1. The zero-order chi connectivity index (χ0) is 18.5. The fraction of sp³-hybridized carbons (Fsp3) is 0.958. The van der Waals surface area contributed by atoms with Crippen LogP contribution in [0.1, 0.15) is 92.4 Å². The van der Waals surface area contributed by atoms with Crippen molar-refractivity contribution in [2.45, 2.75) is 104 Å². The van der Waals surface area contributed by atoms with Crippen LogP contribution in [0.2, 0.25) is 0 Å². The van der Waals surface area contributed by atoms with E-state index in [1.54, 1.807) is 5.04 Å². The molecule has 148 valence electrons. The van der Waals surface area contributed by atoms with E-state index in [0.717, 1.165) is 40.8 Å². The van der Waals surface area contributed by atoms with Crippen molar-refractivity contribution in [2.24, 2.45) is 45.9 Å². The topological polar surface area (TPSA) is 12.4 Å². The summed E-state index contributed by atoms with van der Waals surface area (Å²) in [6.07, 6.45) is 12.7. The Kier molecular flexibility index (Phi) is 5.54. The van der Waals surface area contributed by atoms with Gasteiger partial charge < -0.3 is 0 Å². The monoisotopic (exact) mass is 375 g/mol. The minimum Gasteiger partial charge on any atom is -0.278 e. The van der Waals surface area contributed by atoms with Gasteiger partial charge in [-0.2, -0.15) is 0 Å². The molecule has 1 nitrogen and oxygen atoms in total. The molecule has 4 aliphatic rings. The van der Waals surface area contributed by atoms with Crippen molar-refractivity contribution in [1.29, 1.82) is 0 Å². The van der Waals surface area contributed by atoms with Crippen molar-refractivity contribution in [3.05, 3.63) is 0 Å². The van der Waals surface area contributed by atoms with Gasteiger partial charge >= 0.3 is 0 Å². The molecule has 3 fully saturated rings.